The van der Waals surface area contributed by atoms with Crippen LogP contribution in [0.15, 0.2) is 84.9 Å². The van der Waals surface area contributed by atoms with E-state index in [-0.39, 0.29) is 17.8 Å². The van der Waals surface area contributed by atoms with Crippen molar-refractivity contribution in [3.8, 4) is 0 Å². The minimum absolute atomic E-state index is 0.134. The number of benzene rings is 3. The number of rotatable bonds is 7. The van der Waals surface area contributed by atoms with Crippen LogP contribution in [0.2, 0.25) is 0 Å². The maximum atomic E-state index is 13.6. The summed E-state index contributed by atoms with van der Waals surface area (Å²) in [7, 11) is 0. The molecule has 4 rings (SSSR count). The Bertz CT molecular complexity index is 928. The summed E-state index contributed by atoms with van der Waals surface area (Å²) in [5.74, 6) is -0.154. The third-order valence-electron chi connectivity index (χ3n) is 5.34. The van der Waals surface area contributed by atoms with E-state index in [0.717, 1.165) is 23.1 Å². The molecule has 1 aliphatic heterocycles. The van der Waals surface area contributed by atoms with E-state index >= 15 is 0 Å². The third kappa shape index (κ3) is 4.54. The van der Waals surface area contributed by atoms with Crippen molar-refractivity contribution in [3.63, 3.8) is 0 Å². The SMILES string of the molecule is O=C1CCCN1[C@@H](c1ccccc1)[C@@H](OCc1ccccc1)c1ccc(F)cc1. The van der Waals surface area contributed by atoms with Crippen LogP contribution in [0, 0.1) is 5.82 Å². The Balaban J connectivity index is 1.72. The van der Waals surface area contributed by atoms with E-state index in [1.54, 1.807) is 12.1 Å². The van der Waals surface area contributed by atoms with Crippen molar-refractivity contribution < 1.29 is 13.9 Å². The molecular weight excluding hydrogens is 365 g/mol. The molecule has 0 spiro atoms. The van der Waals surface area contributed by atoms with Gasteiger partial charge < -0.3 is 9.64 Å². The van der Waals surface area contributed by atoms with Gasteiger partial charge in [0.15, 0.2) is 0 Å². The normalized spacial score (nSPS) is 16.0. The fourth-order valence-corrected chi connectivity index (χ4v) is 3.91. The van der Waals surface area contributed by atoms with Crippen molar-refractivity contribution in [2.24, 2.45) is 0 Å². The highest BCUT2D eigenvalue weighted by atomic mass is 19.1. The molecular formula is C25H24FNO2. The van der Waals surface area contributed by atoms with Gasteiger partial charge in [0.2, 0.25) is 5.91 Å². The summed E-state index contributed by atoms with van der Waals surface area (Å²) in [5.41, 5.74) is 2.93. The fraction of sp³-hybridized carbons (Fsp3) is 0.240. The maximum Gasteiger partial charge on any atom is 0.223 e. The molecule has 3 nitrogen and oxygen atoms in total. The van der Waals surface area contributed by atoms with Gasteiger partial charge in [-0.15, -0.1) is 0 Å². The van der Waals surface area contributed by atoms with Gasteiger partial charge >= 0.3 is 0 Å². The molecule has 1 aliphatic rings. The zero-order chi connectivity index (χ0) is 20.1. The molecule has 3 aromatic carbocycles. The molecule has 3 aromatic rings. The molecule has 1 amide bonds. The van der Waals surface area contributed by atoms with E-state index < -0.39 is 6.10 Å². The average molecular weight is 389 g/mol. The summed E-state index contributed by atoms with van der Waals surface area (Å²) in [6, 6.07) is 26.0. The number of likely N-dealkylation sites (tertiary alicyclic amines) is 1. The topological polar surface area (TPSA) is 29.5 Å². The van der Waals surface area contributed by atoms with Gasteiger partial charge in [-0.25, -0.2) is 4.39 Å². The number of amides is 1. The lowest BCUT2D eigenvalue weighted by molar-refractivity contribution is -0.134. The molecule has 0 bridgehead atoms. The minimum Gasteiger partial charge on any atom is -0.366 e. The molecule has 0 radical (unpaired) electrons. The van der Waals surface area contributed by atoms with Gasteiger partial charge in [-0.2, -0.15) is 0 Å². The standard InChI is InChI=1S/C25H24FNO2/c26-22-15-13-21(14-16-22)25(29-18-19-8-3-1-4-9-19)24(20-10-5-2-6-11-20)27-17-7-12-23(27)28/h1-6,8-11,13-16,24-25H,7,12,17-18H2/t24-,25-/m0/s1. The second-order valence-electron chi connectivity index (χ2n) is 7.31. The van der Waals surface area contributed by atoms with Gasteiger partial charge in [0, 0.05) is 13.0 Å². The van der Waals surface area contributed by atoms with Crippen molar-refractivity contribution in [1.29, 1.82) is 0 Å². The van der Waals surface area contributed by atoms with Gasteiger partial charge in [-0.1, -0.05) is 72.8 Å². The largest absolute Gasteiger partial charge is 0.366 e. The van der Waals surface area contributed by atoms with E-state index in [1.165, 1.54) is 12.1 Å². The fourth-order valence-electron chi connectivity index (χ4n) is 3.91. The first-order chi connectivity index (χ1) is 14.2. The Kier molecular flexibility index (Phi) is 6.01. The molecule has 1 fully saturated rings. The highest BCUT2D eigenvalue weighted by Gasteiger charge is 2.36. The van der Waals surface area contributed by atoms with Gasteiger partial charge in [0.25, 0.3) is 0 Å². The van der Waals surface area contributed by atoms with Crippen LogP contribution in [0.4, 0.5) is 4.39 Å². The van der Waals surface area contributed by atoms with Crippen LogP contribution in [0.25, 0.3) is 0 Å². The van der Waals surface area contributed by atoms with E-state index in [4.69, 9.17) is 4.74 Å². The predicted molar refractivity (Wildman–Crippen MR) is 111 cm³/mol. The smallest absolute Gasteiger partial charge is 0.223 e. The van der Waals surface area contributed by atoms with Crippen LogP contribution < -0.4 is 0 Å². The molecule has 0 unspecified atom stereocenters. The zero-order valence-corrected chi connectivity index (χ0v) is 16.2. The third-order valence-corrected chi connectivity index (χ3v) is 5.34. The predicted octanol–water partition coefficient (Wildman–Crippen LogP) is 5.45. The number of carbonyl (C=O) groups excluding carboxylic acids is 1. The van der Waals surface area contributed by atoms with E-state index in [9.17, 15) is 9.18 Å². The first-order valence-corrected chi connectivity index (χ1v) is 9.98. The summed E-state index contributed by atoms with van der Waals surface area (Å²) < 4.78 is 20.0. The van der Waals surface area contributed by atoms with Crippen molar-refractivity contribution in [3.05, 3.63) is 107 Å². The van der Waals surface area contributed by atoms with Crippen LogP contribution in [0.5, 0.6) is 0 Å². The molecule has 2 atom stereocenters. The highest BCUT2D eigenvalue weighted by molar-refractivity contribution is 5.78. The minimum atomic E-state index is -0.403. The molecule has 0 saturated carbocycles. The van der Waals surface area contributed by atoms with Crippen LogP contribution in [-0.4, -0.2) is 17.4 Å². The molecule has 29 heavy (non-hydrogen) atoms. The number of hydrogen-bond acceptors (Lipinski definition) is 2. The second-order valence-corrected chi connectivity index (χ2v) is 7.31. The number of nitrogens with zero attached hydrogens (tertiary/aromatic N) is 1. The molecule has 4 heteroatoms. The first kappa shape index (κ1) is 19.3. The van der Waals surface area contributed by atoms with Gasteiger partial charge in [0.05, 0.1) is 12.6 Å². The Hall–Kier alpha value is -2.98. The van der Waals surface area contributed by atoms with E-state index in [1.807, 2.05) is 65.6 Å². The molecule has 0 aromatic heterocycles. The van der Waals surface area contributed by atoms with Gasteiger partial charge in [-0.3, -0.25) is 4.79 Å². The second kappa shape index (κ2) is 9.01. The Morgan fingerprint density at radius 3 is 2.14 bits per heavy atom. The maximum absolute atomic E-state index is 13.6. The summed E-state index contributed by atoms with van der Waals surface area (Å²) in [5, 5.41) is 0. The molecule has 0 aliphatic carbocycles. The molecule has 1 saturated heterocycles. The van der Waals surface area contributed by atoms with Crippen molar-refractivity contribution >= 4 is 5.91 Å². The van der Waals surface area contributed by atoms with Gasteiger partial charge in [0.1, 0.15) is 11.9 Å². The quantitative estimate of drug-likeness (QED) is 0.538. The summed E-state index contributed by atoms with van der Waals surface area (Å²) in [6.45, 7) is 1.11. The monoisotopic (exact) mass is 389 g/mol. The summed E-state index contributed by atoms with van der Waals surface area (Å²) in [4.78, 5) is 14.6. The lowest BCUT2D eigenvalue weighted by Gasteiger charge is -2.35. The Morgan fingerprint density at radius 2 is 1.52 bits per heavy atom. The van der Waals surface area contributed by atoms with Crippen LogP contribution in [0.1, 0.15) is 41.7 Å². The van der Waals surface area contributed by atoms with Crippen LogP contribution >= 0.6 is 0 Å². The summed E-state index contributed by atoms with van der Waals surface area (Å²) in [6.07, 6.45) is 0.995. The number of carbonyl (C=O) groups is 1. The van der Waals surface area contributed by atoms with E-state index in [0.29, 0.717) is 19.6 Å². The van der Waals surface area contributed by atoms with E-state index in [2.05, 4.69) is 0 Å². The first-order valence-electron chi connectivity index (χ1n) is 9.98. The Morgan fingerprint density at radius 1 is 0.862 bits per heavy atom. The lowest BCUT2D eigenvalue weighted by Crippen LogP contribution is -2.35. The molecule has 0 N–H and O–H groups in total. The number of ether oxygens (including phenoxy) is 1. The lowest BCUT2D eigenvalue weighted by atomic mass is 9.94. The molecule has 1 heterocycles. The number of hydrogen-bond donors (Lipinski definition) is 0. The van der Waals surface area contributed by atoms with Crippen LogP contribution in [-0.2, 0) is 16.1 Å². The zero-order valence-electron chi connectivity index (χ0n) is 16.2. The number of halogens is 1. The highest BCUT2D eigenvalue weighted by Crippen LogP contribution is 2.39. The van der Waals surface area contributed by atoms with Crippen LogP contribution in [0.3, 0.4) is 0 Å². The Labute approximate surface area is 170 Å². The van der Waals surface area contributed by atoms with Crippen molar-refractivity contribution in [2.75, 3.05) is 6.54 Å². The average Bonchev–Trinajstić information content (AvgIpc) is 3.18. The van der Waals surface area contributed by atoms with Crippen molar-refractivity contribution in [1.82, 2.24) is 4.90 Å². The van der Waals surface area contributed by atoms with Gasteiger partial charge in [-0.05, 0) is 35.2 Å². The van der Waals surface area contributed by atoms with Crippen molar-refractivity contribution in [2.45, 2.75) is 31.6 Å². The summed E-state index contributed by atoms with van der Waals surface area (Å²) >= 11 is 0. The molecule has 148 valence electrons.